The second kappa shape index (κ2) is 6.77. The molecule has 4 heteroatoms. The molecule has 1 saturated heterocycles. The summed E-state index contributed by atoms with van der Waals surface area (Å²) in [4.78, 5) is 15.9. The summed E-state index contributed by atoms with van der Waals surface area (Å²) in [7, 11) is 0. The van der Waals surface area contributed by atoms with E-state index in [1.807, 2.05) is 23.6 Å². The first-order chi connectivity index (χ1) is 8.02. The van der Waals surface area contributed by atoms with Crippen LogP contribution < -0.4 is 0 Å². The fourth-order valence-corrected chi connectivity index (χ4v) is 2.17. The third-order valence-electron chi connectivity index (χ3n) is 3.03. The number of piperidine rings is 1. The van der Waals surface area contributed by atoms with Crippen LogP contribution in [-0.2, 0) is 4.79 Å². The largest absolute Gasteiger partial charge is 0.392 e. The van der Waals surface area contributed by atoms with Crippen LogP contribution in [0.25, 0.3) is 0 Å². The van der Waals surface area contributed by atoms with Crippen LogP contribution in [0, 0.1) is 0 Å². The Hall–Kier alpha value is -0.870. The van der Waals surface area contributed by atoms with E-state index in [1.165, 1.54) is 0 Å². The summed E-state index contributed by atoms with van der Waals surface area (Å²) in [5.74, 6) is 0.129. The molecule has 0 aromatic carbocycles. The van der Waals surface area contributed by atoms with Gasteiger partial charge >= 0.3 is 0 Å². The van der Waals surface area contributed by atoms with E-state index in [0.29, 0.717) is 26.2 Å². The SMILES string of the molecule is C=C(C)CN(CC)C(=O)CN1CCC[C@H](O)C1. The molecule has 1 fully saturated rings. The maximum Gasteiger partial charge on any atom is 0.237 e. The van der Waals surface area contributed by atoms with Gasteiger partial charge in [0, 0.05) is 19.6 Å². The molecule has 1 heterocycles. The fraction of sp³-hybridized carbons (Fsp3) is 0.769. The van der Waals surface area contributed by atoms with E-state index in [0.717, 1.165) is 25.0 Å². The van der Waals surface area contributed by atoms with Gasteiger partial charge in [-0.25, -0.2) is 0 Å². The summed E-state index contributed by atoms with van der Waals surface area (Å²) in [6.45, 7) is 11.0. The van der Waals surface area contributed by atoms with E-state index >= 15 is 0 Å². The first-order valence-electron chi connectivity index (χ1n) is 6.35. The quantitative estimate of drug-likeness (QED) is 0.725. The van der Waals surface area contributed by atoms with Crippen molar-refractivity contribution in [2.45, 2.75) is 32.8 Å². The minimum atomic E-state index is -0.271. The molecule has 1 N–H and O–H groups in total. The van der Waals surface area contributed by atoms with Crippen LogP contribution in [0.15, 0.2) is 12.2 Å². The number of hydrogen-bond acceptors (Lipinski definition) is 3. The zero-order chi connectivity index (χ0) is 12.8. The second-order valence-electron chi connectivity index (χ2n) is 4.90. The Balaban J connectivity index is 2.43. The molecule has 4 nitrogen and oxygen atoms in total. The number of carbonyl (C=O) groups excluding carboxylic acids is 1. The van der Waals surface area contributed by atoms with Gasteiger partial charge in [0.25, 0.3) is 0 Å². The van der Waals surface area contributed by atoms with Gasteiger partial charge in [-0.1, -0.05) is 12.2 Å². The van der Waals surface area contributed by atoms with Crippen LogP contribution in [0.1, 0.15) is 26.7 Å². The summed E-state index contributed by atoms with van der Waals surface area (Å²) in [6, 6.07) is 0. The molecule has 1 aliphatic rings. The van der Waals surface area contributed by atoms with Gasteiger partial charge < -0.3 is 10.0 Å². The molecular weight excluding hydrogens is 216 g/mol. The Morgan fingerprint density at radius 2 is 2.29 bits per heavy atom. The fourth-order valence-electron chi connectivity index (χ4n) is 2.17. The van der Waals surface area contributed by atoms with Crippen molar-refractivity contribution < 1.29 is 9.90 Å². The number of hydrogen-bond donors (Lipinski definition) is 1. The predicted octanol–water partition coefficient (Wildman–Crippen LogP) is 0.868. The van der Waals surface area contributed by atoms with Gasteiger partial charge in [0.1, 0.15) is 0 Å². The lowest BCUT2D eigenvalue weighted by Gasteiger charge is -2.31. The van der Waals surface area contributed by atoms with Gasteiger partial charge in [0.2, 0.25) is 5.91 Å². The maximum atomic E-state index is 12.0. The first-order valence-corrected chi connectivity index (χ1v) is 6.35. The van der Waals surface area contributed by atoms with Gasteiger partial charge in [0.15, 0.2) is 0 Å². The van der Waals surface area contributed by atoms with Gasteiger partial charge in [-0.2, -0.15) is 0 Å². The number of likely N-dealkylation sites (tertiary alicyclic amines) is 1. The maximum absolute atomic E-state index is 12.0. The molecule has 0 aliphatic carbocycles. The topological polar surface area (TPSA) is 43.8 Å². The number of aliphatic hydroxyl groups excluding tert-OH is 1. The second-order valence-corrected chi connectivity index (χ2v) is 4.90. The van der Waals surface area contributed by atoms with Gasteiger partial charge in [-0.15, -0.1) is 0 Å². The van der Waals surface area contributed by atoms with Crippen molar-refractivity contribution in [3.8, 4) is 0 Å². The summed E-state index contributed by atoms with van der Waals surface area (Å²) >= 11 is 0. The van der Waals surface area contributed by atoms with E-state index in [1.54, 1.807) is 0 Å². The number of rotatable bonds is 5. The highest BCUT2D eigenvalue weighted by Gasteiger charge is 2.21. The molecule has 0 bridgehead atoms. The highest BCUT2D eigenvalue weighted by molar-refractivity contribution is 5.78. The molecule has 0 aromatic rings. The molecule has 0 aromatic heterocycles. The summed E-state index contributed by atoms with van der Waals surface area (Å²) < 4.78 is 0. The van der Waals surface area contributed by atoms with Crippen molar-refractivity contribution in [1.82, 2.24) is 9.80 Å². The van der Waals surface area contributed by atoms with Gasteiger partial charge in [0.05, 0.1) is 12.6 Å². The van der Waals surface area contributed by atoms with Crippen molar-refractivity contribution in [2.24, 2.45) is 0 Å². The van der Waals surface area contributed by atoms with E-state index in [-0.39, 0.29) is 12.0 Å². The molecule has 0 radical (unpaired) electrons. The number of likely N-dealkylation sites (N-methyl/N-ethyl adjacent to an activating group) is 1. The molecule has 0 unspecified atom stereocenters. The molecule has 0 saturated carbocycles. The Labute approximate surface area is 104 Å². The van der Waals surface area contributed by atoms with Crippen LogP contribution in [0.2, 0.25) is 0 Å². The Morgan fingerprint density at radius 1 is 1.59 bits per heavy atom. The van der Waals surface area contributed by atoms with Crippen LogP contribution >= 0.6 is 0 Å². The van der Waals surface area contributed by atoms with E-state index < -0.39 is 0 Å². The minimum absolute atomic E-state index is 0.129. The van der Waals surface area contributed by atoms with Crippen molar-refractivity contribution in [3.63, 3.8) is 0 Å². The standard InChI is InChI=1S/C13H24N2O2/c1-4-15(8-11(2)3)13(17)10-14-7-5-6-12(16)9-14/h12,16H,2,4-10H2,1,3H3/t12-/m0/s1. The first kappa shape index (κ1) is 14.2. The highest BCUT2D eigenvalue weighted by Crippen LogP contribution is 2.10. The summed E-state index contributed by atoms with van der Waals surface area (Å²) in [5, 5.41) is 9.55. The monoisotopic (exact) mass is 240 g/mol. The normalized spacial score (nSPS) is 21.2. The lowest BCUT2D eigenvalue weighted by Crippen LogP contribution is -2.45. The van der Waals surface area contributed by atoms with Crippen molar-refractivity contribution >= 4 is 5.91 Å². The number of aliphatic hydroxyl groups is 1. The Bertz CT molecular complexity index is 279. The van der Waals surface area contributed by atoms with Gasteiger partial charge in [-0.3, -0.25) is 9.69 Å². The van der Waals surface area contributed by atoms with Crippen LogP contribution in [0.4, 0.5) is 0 Å². The molecule has 0 spiro atoms. The molecule has 1 rings (SSSR count). The predicted molar refractivity (Wildman–Crippen MR) is 68.7 cm³/mol. The zero-order valence-corrected chi connectivity index (χ0v) is 11.0. The molecule has 17 heavy (non-hydrogen) atoms. The van der Waals surface area contributed by atoms with Crippen molar-refractivity contribution in [2.75, 3.05) is 32.7 Å². The number of nitrogens with zero attached hydrogens (tertiary/aromatic N) is 2. The van der Waals surface area contributed by atoms with Crippen LogP contribution in [-0.4, -0.2) is 59.6 Å². The minimum Gasteiger partial charge on any atom is -0.392 e. The number of β-amino-alcohol motifs (C(OH)–C–C–N with tert-alkyl or cyclic N) is 1. The van der Waals surface area contributed by atoms with E-state index in [4.69, 9.17) is 0 Å². The van der Waals surface area contributed by atoms with E-state index in [9.17, 15) is 9.90 Å². The number of carbonyl (C=O) groups is 1. The smallest absolute Gasteiger partial charge is 0.237 e. The van der Waals surface area contributed by atoms with Crippen molar-refractivity contribution in [3.05, 3.63) is 12.2 Å². The molecule has 1 aliphatic heterocycles. The lowest BCUT2D eigenvalue weighted by atomic mass is 10.1. The third-order valence-corrected chi connectivity index (χ3v) is 3.03. The average molecular weight is 240 g/mol. The van der Waals surface area contributed by atoms with Crippen molar-refractivity contribution in [1.29, 1.82) is 0 Å². The zero-order valence-electron chi connectivity index (χ0n) is 11.0. The number of amides is 1. The van der Waals surface area contributed by atoms with Gasteiger partial charge in [-0.05, 0) is 33.2 Å². The summed E-state index contributed by atoms with van der Waals surface area (Å²) in [6.07, 6.45) is 1.56. The molecular formula is C13H24N2O2. The molecule has 1 amide bonds. The van der Waals surface area contributed by atoms with Crippen LogP contribution in [0.5, 0.6) is 0 Å². The van der Waals surface area contributed by atoms with Crippen LogP contribution in [0.3, 0.4) is 0 Å². The highest BCUT2D eigenvalue weighted by atomic mass is 16.3. The summed E-state index contributed by atoms with van der Waals surface area (Å²) in [5.41, 5.74) is 0.999. The third kappa shape index (κ3) is 4.88. The Kier molecular flexibility index (Phi) is 5.65. The molecule has 1 atom stereocenters. The van der Waals surface area contributed by atoms with E-state index in [2.05, 4.69) is 6.58 Å². The molecule has 98 valence electrons. The lowest BCUT2D eigenvalue weighted by molar-refractivity contribution is -0.132. The average Bonchev–Trinajstić information content (AvgIpc) is 2.25. The Morgan fingerprint density at radius 3 is 2.82 bits per heavy atom.